The highest BCUT2D eigenvalue weighted by Crippen LogP contribution is 2.43. The van der Waals surface area contributed by atoms with Crippen LogP contribution in [-0.2, 0) is 0 Å². The molecule has 0 aliphatic heterocycles. The van der Waals surface area contributed by atoms with Crippen LogP contribution in [0.3, 0.4) is 0 Å². The Morgan fingerprint density at radius 3 is 1.73 bits per heavy atom. The lowest BCUT2D eigenvalue weighted by atomic mass is 9.96. The van der Waals surface area contributed by atoms with Crippen LogP contribution >= 0.6 is 0 Å². The molecule has 0 N–H and O–H groups in total. The van der Waals surface area contributed by atoms with E-state index in [-0.39, 0.29) is 0 Å². The maximum absolute atomic E-state index is 5.04. The smallest absolute Gasteiger partial charge is 0.0985 e. The van der Waals surface area contributed by atoms with E-state index in [2.05, 4.69) is 118 Å². The number of hydrogen-bond acceptors (Lipinski definition) is 6. The molecule has 0 radical (unpaired) electrons. The molecule has 0 unspecified atom stereocenters. The van der Waals surface area contributed by atoms with Gasteiger partial charge < -0.3 is 4.57 Å². The van der Waals surface area contributed by atoms with Gasteiger partial charge in [0.1, 0.15) is 0 Å². The third kappa shape index (κ3) is 5.05. The summed E-state index contributed by atoms with van der Waals surface area (Å²) in [7, 11) is 0. The zero-order chi connectivity index (χ0) is 36.3. The van der Waals surface area contributed by atoms with Crippen LogP contribution in [0.1, 0.15) is 0 Å². The maximum atomic E-state index is 5.04. The Bertz CT molecular complexity index is 3230. The van der Waals surface area contributed by atoms with E-state index in [1.807, 2.05) is 61.4 Å². The highest BCUT2D eigenvalue weighted by Gasteiger charge is 2.21. The SMILES string of the molecule is c1cncc(-c2ccc(-c3ccc4c(c3)c3cc(-c5ccc(-c6cccnc6)cn5)c5ccccc5c3n4-c3cc4cccnc4c4ncccc34)nc2)c1. The van der Waals surface area contributed by atoms with Crippen molar-refractivity contribution < 1.29 is 0 Å². The molecule has 11 aromatic rings. The Hall–Kier alpha value is -7.64. The van der Waals surface area contributed by atoms with Crippen LogP contribution in [0.25, 0.3) is 105 Å². The number of benzene rings is 4. The van der Waals surface area contributed by atoms with E-state index >= 15 is 0 Å². The first-order chi connectivity index (χ1) is 27.3. The summed E-state index contributed by atoms with van der Waals surface area (Å²) >= 11 is 0. The minimum absolute atomic E-state index is 0.874. The van der Waals surface area contributed by atoms with E-state index in [0.29, 0.717) is 0 Å². The molecule has 0 saturated heterocycles. The lowest BCUT2D eigenvalue weighted by molar-refractivity contribution is 1.20. The average molecular weight is 704 g/mol. The molecular formula is C48H29N7. The highest BCUT2D eigenvalue weighted by molar-refractivity contribution is 6.23. The van der Waals surface area contributed by atoms with Gasteiger partial charge in [0, 0.05) is 110 Å². The van der Waals surface area contributed by atoms with Crippen LogP contribution in [0.15, 0.2) is 177 Å². The topological polar surface area (TPSA) is 82.3 Å². The van der Waals surface area contributed by atoms with Gasteiger partial charge in [0.25, 0.3) is 0 Å². The van der Waals surface area contributed by atoms with E-state index in [1.165, 1.54) is 0 Å². The van der Waals surface area contributed by atoms with Crippen LogP contribution < -0.4 is 0 Å². The fourth-order valence-electron chi connectivity index (χ4n) is 7.96. The molecule has 11 rings (SSSR count). The first-order valence-corrected chi connectivity index (χ1v) is 18.1. The van der Waals surface area contributed by atoms with Gasteiger partial charge in [0.2, 0.25) is 0 Å². The molecule has 0 aliphatic rings. The highest BCUT2D eigenvalue weighted by atomic mass is 15.0. The second kappa shape index (κ2) is 12.5. The van der Waals surface area contributed by atoms with Crippen molar-refractivity contribution in [2.45, 2.75) is 0 Å². The van der Waals surface area contributed by atoms with E-state index < -0.39 is 0 Å². The fraction of sp³-hybridized carbons (Fsp3) is 0. The summed E-state index contributed by atoms with van der Waals surface area (Å²) in [6.07, 6.45) is 14.9. The lowest BCUT2D eigenvalue weighted by Crippen LogP contribution is -1.98. The standard InChI is InChI=1S/C48H29N7/c1-2-11-37-36(10-1)39(43-17-14-35(29-54-43)33-9-4-20-50-27-33)25-41-40-23-30(42-16-13-34(28-53-42)32-8-3-19-49-26-32)15-18-44(40)55(48(37)41)45-24-31-7-5-21-51-46(31)47-38(45)12-6-22-52-47/h1-29H. The van der Waals surface area contributed by atoms with Crippen LogP contribution in [0.4, 0.5) is 0 Å². The van der Waals surface area contributed by atoms with Gasteiger partial charge in [0.15, 0.2) is 0 Å². The van der Waals surface area contributed by atoms with E-state index in [1.54, 1.807) is 12.4 Å². The van der Waals surface area contributed by atoms with Crippen molar-refractivity contribution in [2.75, 3.05) is 0 Å². The van der Waals surface area contributed by atoms with Crippen molar-refractivity contribution in [1.82, 2.24) is 34.5 Å². The molecule has 55 heavy (non-hydrogen) atoms. The Morgan fingerprint density at radius 2 is 1.02 bits per heavy atom. The summed E-state index contributed by atoms with van der Waals surface area (Å²) in [6, 6.07) is 44.6. The molecule has 0 saturated carbocycles. The van der Waals surface area contributed by atoms with Crippen LogP contribution in [0.2, 0.25) is 0 Å². The number of fused-ring (bicyclic) bond motifs is 8. The van der Waals surface area contributed by atoms with Gasteiger partial charge in [-0.25, -0.2) is 0 Å². The molecular weight excluding hydrogens is 675 g/mol. The minimum Gasteiger partial charge on any atom is -0.308 e. The van der Waals surface area contributed by atoms with E-state index in [4.69, 9.17) is 19.9 Å². The number of hydrogen-bond donors (Lipinski definition) is 0. The van der Waals surface area contributed by atoms with Gasteiger partial charge in [-0.1, -0.05) is 60.7 Å². The molecule has 0 fully saturated rings. The minimum atomic E-state index is 0.874. The summed E-state index contributed by atoms with van der Waals surface area (Å²) in [5.74, 6) is 0. The van der Waals surface area contributed by atoms with E-state index in [0.717, 1.165) is 105 Å². The zero-order valence-corrected chi connectivity index (χ0v) is 29.4. The molecule has 7 aromatic heterocycles. The third-order valence-electron chi connectivity index (χ3n) is 10.5. The Labute approximate surface area is 315 Å². The van der Waals surface area contributed by atoms with Crippen LogP contribution in [-0.4, -0.2) is 34.5 Å². The van der Waals surface area contributed by atoms with Crippen molar-refractivity contribution in [3.8, 4) is 50.5 Å². The molecule has 0 spiro atoms. The first-order valence-electron chi connectivity index (χ1n) is 18.1. The first kappa shape index (κ1) is 30.9. The maximum Gasteiger partial charge on any atom is 0.0985 e. The molecule has 0 atom stereocenters. The summed E-state index contributed by atoms with van der Waals surface area (Å²) < 4.78 is 2.41. The average Bonchev–Trinajstić information content (AvgIpc) is 3.60. The molecule has 0 bridgehead atoms. The van der Waals surface area contributed by atoms with Crippen molar-refractivity contribution in [2.24, 2.45) is 0 Å². The van der Waals surface area contributed by atoms with Crippen molar-refractivity contribution in [1.29, 1.82) is 0 Å². The summed E-state index contributed by atoms with van der Waals surface area (Å²) in [5, 5.41) is 6.57. The van der Waals surface area contributed by atoms with Crippen LogP contribution in [0, 0.1) is 0 Å². The Kier molecular flexibility index (Phi) is 7.03. The molecule has 7 nitrogen and oxygen atoms in total. The third-order valence-corrected chi connectivity index (χ3v) is 10.5. The normalized spacial score (nSPS) is 11.6. The number of nitrogens with zero attached hydrogens (tertiary/aromatic N) is 7. The predicted octanol–water partition coefficient (Wildman–Crippen LogP) is 11.3. The van der Waals surface area contributed by atoms with Gasteiger partial charge in [-0.15, -0.1) is 0 Å². The zero-order valence-electron chi connectivity index (χ0n) is 29.4. The number of aromatic nitrogens is 7. The van der Waals surface area contributed by atoms with Gasteiger partial charge in [-0.3, -0.25) is 29.9 Å². The lowest BCUT2D eigenvalue weighted by Gasteiger charge is -2.15. The summed E-state index contributed by atoms with van der Waals surface area (Å²) in [4.78, 5) is 28.2. The second-order valence-corrected chi connectivity index (χ2v) is 13.7. The van der Waals surface area contributed by atoms with Crippen molar-refractivity contribution >= 4 is 54.4 Å². The predicted molar refractivity (Wildman–Crippen MR) is 222 cm³/mol. The van der Waals surface area contributed by atoms with Crippen molar-refractivity contribution in [3.63, 3.8) is 0 Å². The van der Waals surface area contributed by atoms with Gasteiger partial charge in [0.05, 0.1) is 39.1 Å². The quantitative estimate of drug-likeness (QED) is 0.166. The molecule has 7 heterocycles. The monoisotopic (exact) mass is 703 g/mol. The van der Waals surface area contributed by atoms with Crippen molar-refractivity contribution in [3.05, 3.63) is 177 Å². The van der Waals surface area contributed by atoms with Gasteiger partial charge in [-0.2, -0.15) is 0 Å². The Morgan fingerprint density at radius 1 is 0.382 bits per heavy atom. The van der Waals surface area contributed by atoms with Gasteiger partial charge >= 0.3 is 0 Å². The molecule has 0 amide bonds. The molecule has 256 valence electrons. The molecule has 0 aliphatic carbocycles. The van der Waals surface area contributed by atoms with E-state index in [9.17, 15) is 0 Å². The molecule has 4 aromatic carbocycles. The Balaban J connectivity index is 1.20. The largest absolute Gasteiger partial charge is 0.308 e. The number of pyridine rings is 6. The summed E-state index contributed by atoms with van der Waals surface area (Å²) in [5.41, 5.74) is 13.0. The summed E-state index contributed by atoms with van der Waals surface area (Å²) in [6.45, 7) is 0. The molecule has 7 heteroatoms. The second-order valence-electron chi connectivity index (χ2n) is 13.7. The van der Waals surface area contributed by atoms with Crippen LogP contribution in [0.5, 0.6) is 0 Å². The van der Waals surface area contributed by atoms with Gasteiger partial charge in [-0.05, 0) is 72.1 Å². The fourth-order valence-corrected chi connectivity index (χ4v) is 7.96. The number of rotatable bonds is 5.